The van der Waals surface area contributed by atoms with Crippen LogP contribution in [0, 0.1) is 5.92 Å². The second-order valence-electron chi connectivity index (χ2n) is 4.19. The summed E-state index contributed by atoms with van der Waals surface area (Å²) in [6.07, 6.45) is 4.69. The summed E-state index contributed by atoms with van der Waals surface area (Å²) in [6, 6.07) is 4.21. The second-order valence-corrected chi connectivity index (χ2v) is 5.22. The van der Waals surface area contributed by atoms with Crippen molar-refractivity contribution in [3.8, 4) is 0 Å². The Morgan fingerprint density at radius 3 is 2.93 bits per heavy atom. The molecule has 0 N–H and O–H groups in total. The van der Waals surface area contributed by atoms with E-state index in [0.29, 0.717) is 11.7 Å². The standard InChI is InChI=1S/C13H20OS/c1-3-11(2)10-12(14)6-4-7-13-8-5-9-15-13/h5,8-9,11H,3-4,6-7,10H2,1-2H3. The third kappa shape index (κ3) is 5.12. The average Bonchev–Trinajstić information content (AvgIpc) is 2.70. The lowest BCUT2D eigenvalue weighted by Crippen LogP contribution is -2.04. The Morgan fingerprint density at radius 1 is 1.53 bits per heavy atom. The normalized spacial score (nSPS) is 12.7. The molecule has 0 bridgehead atoms. The van der Waals surface area contributed by atoms with Gasteiger partial charge in [0.25, 0.3) is 0 Å². The summed E-state index contributed by atoms with van der Waals surface area (Å²) < 4.78 is 0. The molecule has 0 saturated carbocycles. The molecule has 0 aliphatic heterocycles. The van der Waals surface area contributed by atoms with Crippen LogP contribution in [0.25, 0.3) is 0 Å². The summed E-state index contributed by atoms with van der Waals surface area (Å²) in [7, 11) is 0. The van der Waals surface area contributed by atoms with E-state index in [4.69, 9.17) is 0 Å². The van der Waals surface area contributed by atoms with Crippen molar-refractivity contribution in [1.29, 1.82) is 0 Å². The van der Waals surface area contributed by atoms with Crippen molar-refractivity contribution in [2.45, 2.75) is 46.0 Å². The first kappa shape index (κ1) is 12.4. The van der Waals surface area contributed by atoms with Gasteiger partial charge in [-0.3, -0.25) is 4.79 Å². The second kappa shape index (κ2) is 6.78. The van der Waals surface area contributed by atoms with Crippen LogP contribution in [0.5, 0.6) is 0 Å². The van der Waals surface area contributed by atoms with E-state index in [2.05, 4.69) is 31.4 Å². The molecule has 0 fully saturated rings. The third-order valence-electron chi connectivity index (χ3n) is 2.73. The molecule has 15 heavy (non-hydrogen) atoms. The number of rotatable bonds is 7. The molecule has 0 saturated heterocycles. The number of hydrogen-bond acceptors (Lipinski definition) is 2. The van der Waals surface area contributed by atoms with Crippen LogP contribution in [0.4, 0.5) is 0 Å². The highest BCUT2D eigenvalue weighted by atomic mass is 32.1. The fourth-order valence-corrected chi connectivity index (χ4v) is 2.30. The summed E-state index contributed by atoms with van der Waals surface area (Å²) in [5.41, 5.74) is 0. The highest BCUT2D eigenvalue weighted by molar-refractivity contribution is 7.09. The first-order valence-corrected chi connectivity index (χ1v) is 6.64. The molecule has 1 aromatic rings. The van der Waals surface area contributed by atoms with Crippen molar-refractivity contribution in [3.05, 3.63) is 22.4 Å². The molecule has 1 rings (SSSR count). The SMILES string of the molecule is CCC(C)CC(=O)CCCc1cccs1. The Morgan fingerprint density at radius 2 is 2.33 bits per heavy atom. The lowest BCUT2D eigenvalue weighted by atomic mass is 9.99. The van der Waals surface area contributed by atoms with Gasteiger partial charge in [-0.2, -0.15) is 0 Å². The zero-order valence-electron chi connectivity index (χ0n) is 9.66. The molecule has 0 amide bonds. The number of carbonyl (C=O) groups excluding carboxylic acids is 1. The van der Waals surface area contributed by atoms with E-state index in [0.717, 1.165) is 32.1 Å². The Balaban J connectivity index is 2.12. The first-order valence-electron chi connectivity index (χ1n) is 5.76. The quantitative estimate of drug-likeness (QED) is 0.682. The number of Topliss-reactive ketones (excluding diaryl/α,β-unsaturated/α-hetero) is 1. The lowest BCUT2D eigenvalue weighted by Gasteiger charge is -2.06. The van der Waals surface area contributed by atoms with Gasteiger partial charge in [0.15, 0.2) is 0 Å². The van der Waals surface area contributed by atoms with Crippen LogP contribution in [0.1, 0.15) is 44.4 Å². The van der Waals surface area contributed by atoms with E-state index < -0.39 is 0 Å². The minimum atomic E-state index is 0.431. The van der Waals surface area contributed by atoms with Crippen molar-refractivity contribution < 1.29 is 4.79 Å². The summed E-state index contributed by atoms with van der Waals surface area (Å²) >= 11 is 1.78. The molecule has 1 aromatic heterocycles. The predicted octanol–water partition coefficient (Wildman–Crippen LogP) is 4.08. The van der Waals surface area contributed by atoms with Gasteiger partial charge in [-0.1, -0.05) is 26.3 Å². The van der Waals surface area contributed by atoms with Crippen molar-refractivity contribution >= 4 is 17.1 Å². The van der Waals surface area contributed by atoms with E-state index in [1.165, 1.54) is 4.88 Å². The van der Waals surface area contributed by atoms with E-state index in [-0.39, 0.29) is 0 Å². The van der Waals surface area contributed by atoms with Gasteiger partial charge in [-0.05, 0) is 30.2 Å². The van der Waals surface area contributed by atoms with Crippen LogP contribution in [0.15, 0.2) is 17.5 Å². The fraction of sp³-hybridized carbons (Fsp3) is 0.615. The molecule has 84 valence electrons. The van der Waals surface area contributed by atoms with E-state index >= 15 is 0 Å². The molecule has 0 spiro atoms. The number of aryl methyl sites for hydroxylation is 1. The monoisotopic (exact) mass is 224 g/mol. The molecular weight excluding hydrogens is 204 g/mol. The van der Waals surface area contributed by atoms with Crippen molar-refractivity contribution in [3.63, 3.8) is 0 Å². The number of ketones is 1. The van der Waals surface area contributed by atoms with Gasteiger partial charge < -0.3 is 0 Å². The molecule has 0 aromatic carbocycles. The molecule has 2 heteroatoms. The fourth-order valence-electron chi connectivity index (χ4n) is 1.55. The zero-order valence-corrected chi connectivity index (χ0v) is 10.5. The van der Waals surface area contributed by atoms with E-state index in [9.17, 15) is 4.79 Å². The smallest absolute Gasteiger partial charge is 0.133 e. The van der Waals surface area contributed by atoms with E-state index in [1.54, 1.807) is 11.3 Å². The van der Waals surface area contributed by atoms with Crippen LogP contribution in [0.2, 0.25) is 0 Å². The highest BCUT2D eigenvalue weighted by Gasteiger charge is 2.07. The van der Waals surface area contributed by atoms with Crippen LogP contribution < -0.4 is 0 Å². The minimum absolute atomic E-state index is 0.431. The molecule has 0 aliphatic carbocycles. The summed E-state index contributed by atoms with van der Waals surface area (Å²) in [4.78, 5) is 12.9. The van der Waals surface area contributed by atoms with Crippen molar-refractivity contribution in [2.24, 2.45) is 5.92 Å². The average molecular weight is 224 g/mol. The molecule has 1 atom stereocenters. The van der Waals surface area contributed by atoms with Gasteiger partial charge in [-0.25, -0.2) is 0 Å². The number of carbonyl (C=O) groups is 1. The van der Waals surface area contributed by atoms with Crippen LogP contribution in [-0.2, 0) is 11.2 Å². The lowest BCUT2D eigenvalue weighted by molar-refractivity contribution is -0.119. The van der Waals surface area contributed by atoms with Gasteiger partial charge in [0.05, 0.1) is 0 Å². The van der Waals surface area contributed by atoms with Gasteiger partial charge in [0, 0.05) is 17.7 Å². The van der Waals surface area contributed by atoms with Crippen molar-refractivity contribution in [2.75, 3.05) is 0 Å². The predicted molar refractivity (Wildman–Crippen MR) is 66.3 cm³/mol. The van der Waals surface area contributed by atoms with Crippen molar-refractivity contribution in [1.82, 2.24) is 0 Å². The Hall–Kier alpha value is -0.630. The maximum Gasteiger partial charge on any atom is 0.133 e. The van der Waals surface area contributed by atoms with Gasteiger partial charge >= 0.3 is 0 Å². The largest absolute Gasteiger partial charge is 0.300 e. The molecule has 0 aliphatic rings. The van der Waals surface area contributed by atoms with Gasteiger partial charge in [0.1, 0.15) is 5.78 Å². The third-order valence-corrected chi connectivity index (χ3v) is 3.67. The zero-order chi connectivity index (χ0) is 11.1. The summed E-state index contributed by atoms with van der Waals surface area (Å²) in [5, 5.41) is 2.09. The summed E-state index contributed by atoms with van der Waals surface area (Å²) in [6.45, 7) is 4.29. The van der Waals surface area contributed by atoms with Crippen LogP contribution in [-0.4, -0.2) is 5.78 Å². The first-order chi connectivity index (χ1) is 7.22. The minimum Gasteiger partial charge on any atom is -0.300 e. The van der Waals surface area contributed by atoms with Gasteiger partial charge in [-0.15, -0.1) is 11.3 Å². The van der Waals surface area contributed by atoms with Gasteiger partial charge in [0.2, 0.25) is 0 Å². The molecule has 1 heterocycles. The topological polar surface area (TPSA) is 17.1 Å². The van der Waals surface area contributed by atoms with Crippen LogP contribution >= 0.6 is 11.3 Å². The Bertz CT molecular complexity index is 277. The maximum absolute atomic E-state index is 11.5. The molecule has 0 radical (unpaired) electrons. The number of thiophene rings is 1. The Kier molecular flexibility index (Phi) is 5.62. The maximum atomic E-state index is 11.5. The Labute approximate surface area is 96.5 Å². The summed E-state index contributed by atoms with van der Waals surface area (Å²) in [5.74, 6) is 0.986. The number of hydrogen-bond donors (Lipinski definition) is 0. The molecule has 1 nitrogen and oxygen atoms in total. The van der Waals surface area contributed by atoms with Crippen LogP contribution in [0.3, 0.4) is 0 Å². The molecule has 1 unspecified atom stereocenters. The highest BCUT2D eigenvalue weighted by Crippen LogP contribution is 2.14. The van der Waals surface area contributed by atoms with E-state index in [1.807, 2.05) is 0 Å². The molecular formula is C13H20OS.